The van der Waals surface area contributed by atoms with Gasteiger partial charge in [0.1, 0.15) is 10.8 Å². The summed E-state index contributed by atoms with van der Waals surface area (Å²) in [7, 11) is 1.68. The van der Waals surface area contributed by atoms with Crippen LogP contribution in [0.15, 0.2) is 53.9 Å². The lowest BCUT2D eigenvalue weighted by Crippen LogP contribution is -2.27. The predicted octanol–water partition coefficient (Wildman–Crippen LogP) is 4.32. The van der Waals surface area contributed by atoms with E-state index in [2.05, 4.69) is 4.98 Å². The molecular weight excluding hydrogens is 390 g/mol. The number of nitro groups is 1. The summed E-state index contributed by atoms with van der Waals surface area (Å²) in [5.41, 5.74) is 2.32. The Hall–Kier alpha value is -3.26. The molecule has 1 aromatic heterocycles. The molecule has 1 heterocycles. The van der Waals surface area contributed by atoms with Crippen molar-refractivity contribution in [2.45, 2.75) is 19.9 Å². The van der Waals surface area contributed by atoms with Crippen LogP contribution in [0.4, 0.5) is 5.69 Å². The lowest BCUT2D eigenvalue weighted by molar-refractivity contribution is -0.384. The first-order valence-electron chi connectivity index (χ1n) is 9.11. The Labute approximate surface area is 172 Å². The van der Waals surface area contributed by atoms with Gasteiger partial charge in [0.2, 0.25) is 5.91 Å². The van der Waals surface area contributed by atoms with E-state index in [1.54, 1.807) is 24.1 Å². The third-order valence-corrected chi connectivity index (χ3v) is 5.19. The second-order valence-electron chi connectivity index (χ2n) is 6.43. The standard InChI is InChI=1S/C21H21N3O4S/c1-3-28-19-10-5-4-9-18(19)21-22-16(14-29-21)12-20(25)23(2)13-15-7-6-8-17(11-15)24(26)27/h4-11,14H,3,12-13H2,1-2H3. The van der Waals surface area contributed by atoms with Crippen LogP contribution in [0.1, 0.15) is 18.2 Å². The van der Waals surface area contributed by atoms with Crippen molar-refractivity contribution in [2.75, 3.05) is 13.7 Å². The molecule has 0 fully saturated rings. The van der Waals surface area contributed by atoms with E-state index in [4.69, 9.17) is 4.74 Å². The lowest BCUT2D eigenvalue weighted by Gasteiger charge is -2.16. The molecule has 3 rings (SSSR count). The van der Waals surface area contributed by atoms with Crippen molar-refractivity contribution >= 4 is 22.9 Å². The average molecular weight is 411 g/mol. The van der Waals surface area contributed by atoms with E-state index in [0.29, 0.717) is 24.4 Å². The molecule has 0 radical (unpaired) electrons. The maximum atomic E-state index is 12.6. The number of hydrogen-bond donors (Lipinski definition) is 0. The summed E-state index contributed by atoms with van der Waals surface area (Å²) in [5.74, 6) is 0.663. The Morgan fingerprint density at radius 1 is 1.24 bits per heavy atom. The number of ether oxygens (including phenoxy) is 1. The molecule has 0 N–H and O–H groups in total. The van der Waals surface area contributed by atoms with Gasteiger partial charge in [-0.15, -0.1) is 11.3 Å². The highest BCUT2D eigenvalue weighted by Crippen LogP contribution is 2.32. The number of carbonyl (C=O) groups excluding carboxylic acids is 1. The van der Waals surface area contributed by atoms with Crippen molar-refractivity contribution in [2.24, 2.45) is 0 Å². The van der Waals surface area contributed by atoms with Crippen molar-refractivity contribution in [3.8, 4) is 16.3 Å². The summed E-state index contributed by atoms with van der Waals surface area (Å²) in [5, 5.41) is 13.6. The fourth-order valence-corrected chi connectivity index (χ4v) is 3.71. The van der Waals surface area contributed by atoms with Crippen molar-refractivity contribution in [3.63, 3.8) is 0 Å². The van der Waals surface area contributed by atoms with Crippen LogP contribution in [0, 0.1) is 10.1 Å². The SMILES string of the molecule is CCOc1ccccc1-c1nc(CC(=O)N(C)Cc2cccc([N+](=O)[O-])c2)cs1. The van der Waals surface area contributed by atoms with Gasteiger partial charge in [0.15, 0.2) is 0 Å². The third kappa shape index (κ3) is 5.17. The molecule has 2 aromatic carbocycles. The number of likely N-dealkylation sites (N-methyl/N-ethyl adjacent to an activating group) is 1. The van der Waals surface area contributed by atoms with E-state index >= 15 is 0 Å². The highest BCUT2D eigenvalue weighted by atomic mass is 32.1. The van der Waals surface area contributed by atoms with E-state index in [1.165, 1.54) is 23.5 Å². The third-order valence-electron chi connectivity index (χ3n) is 4.27. The van der Waals surface area contributed by atoms with Gasteiger partial charge in [-0.2, -0.15) is 0 Å². The van der Waals surface area contributed by atoms with Crippen LogP contribution in [-0.4, -0.2) is 34.4 Å². The van der Waals surface area contributed by atoms with Gasteiger partial charge in [-0.1, -0.05) is 24.3 Å². The summed E-state index contributed by atoms with van der Waals surface area (Å²) < 4.78 is 5.66. The van der Waals surface area contributed by atoms with Crippen LogP contribution >= 0.6 is 11.3 Å². The number of rotatable bonds is 8. The number of non-ortho nitro benzene ring substituents is 1. The second-order valence-corrected chi connectivity index (χ2v) is 7.28. The number of para-hydroxylation sites is 1. The molecule has 1 amide bonds. The molecule has 0 unspecified atom stereocenters. The Balaban J connectivity index is 1.67. The van der Waals surface area contributed by atoms with Gasteiger partial charge in [0.25, 0.3) is 5.69 Å². The number of hydrogen-bond acceptors (Lipinski definition) is 6. The van der Waals surface area contributed by atoms with Gasteiger partial charge in [0.05, 0.1) is 29.2 Å². The Morgan fingerprint density at radius 3 is 2.79 bits per heavy atom. The van der Waals surface area contributed by atoms with E-state index in [-0.39, 0.29) is 18.0 Å². The predicted molar refractivity (Wildman–Crippen MR) is 112 cm³/mol. The quantitative estimate of drug-likeness (QED) is 0.407. The fourth-order valence-electron chi connectivity index (χ4n) is 2.86. The molecule has 0 spiro atoms. The van der Waals surface area contributed by atoms with Gasteiger partial charge in [0, 0.05) is 31.1 Å². The topological polar surface area (TPSA) is 85.6 Å². The number of thiazole rings is 1. The number of nitro benzene ring substituents is 1. The monoisotopic (exact) mass is 411 g/mol. The Kier molecular flexibility index (Phi) is 6.56. The fraction of sp³-hybridized carbons (Fsp3) is 0.238. The number of amides is 1. The summed E-state index contributed by atoms with van der Waals surface area (Å²) in [4.78, 5) is 29.2. The van der Waals surface area contributed by atoms with E-state index < -0.39 is 4.92 Å². The van der Waals surface area contributed by atoms with Crippen LogP contribution in [0.2, 0.25) is 0 Å². The smallest absolute Gasteiger partial charge is 0.269 e. The van der Waals surface area contributed by atoms with Crippen LogP contribution in [0.5, 0.6) is 5.75 Å². The Morgan fingerprint density at radius 2 is 2.03 bits per heavy atom. The first-order valence-corrected chi connectivity index (χ1v) is 9.99. The summed E-state index contributed by atoms with van der Waals surface area (Å²) >= 11 is 1.47. The summed E-state index contributed by atoms with van der Waals surface area (Å²) in [6.07, 6.45) is 0.165. The normalized spacial score (nSPS) is 10.6. The molecule has 8 heteroatoms. The maximum absolute atomic E-state index is 12.6. The zero-order valence-corrected chi connectivity index (χ0v) is 17.0. The molecule has 150 valence electrons. The van der Waals surface area contributed by atoms with Crippen molar-refractivity contribution in [1.82, 2.24) is 9.88 Å². The van der Waals surface area contributed by atoms with E-state index in [1.807, 2.05) is 36.6 Å². The molecule has 7 nitrogen and oxygen atoms in total. The average Bonchev–Trinajstić information content (AvgIpc) is 3.17. The first-order chi connectivity index (χ1) is 14.0. The number of aromatic nitrogens is 1. The van der Waals surface area contributed by atoms with Gasteiger partial charge in [-0.25, -0.2) is 4.98 Å². The van der Waals surface area contributed by atoms with Crippen LogP contribution in [-0.2, 0) is 17.8 Å². The first kappa shape index (κ1) is 20.5. The van der Waals surface area contributed by atoms with E-state index in [9.17, 15) is 14.9 Å². The minimum Gasteiger partial charge on any atom is -0.493 e. The highest BCUT2D eigenvalue weighted by Gasteiger charge is 2.16. The number of nitrogens with zero attached hydrogens (tertiary/aromatic N) is 3. The largest absolute Gasteiger partial charge is 0.493 e. The van der Waals surface area contributed by atoms with Crippen LogP contribution in [0.3, 0.4) is 0 Å². The molecule has 0 aliphatic rings. The Bertz CT molecular complexity index is 1020. The molecule has 0 aliphatic heterocycles. The highest BCUT2D eigenvalue weighted by molar-refractivity contribution is 7.13. The molecular formula is C21H21N3O4S. The lowest BCUT2D eigenvalue weighted by atomic mass is 10.2. The molecule has 0 saturated heterocycles. The minimum absolute atomic E-state index is 0.0143. The molecule has 0 saturated carbocycles. The molecule has 29 heavy (non-hydrogen) atoms. The maximum Gasteiger partial charge on any atom is 0.269 e. The van der Waals surface area contributed by atoms with Gasteiger partial charge in [-0.05, 0) is 24.6 Å². The summed E-state index contributed by atoms with van der Waals surface area (Å²) in [6.45, 7) is 2.79. The van der Waals surface area contributed by atoms with Gasteiger partial charge >= 0.3 is 0 Å². The number of benzene rings is 2. The van der Waals surface area contributed by atoms with Crippen LogP contribution < -0.4 is 4.74 Å². The number of carbonyl (C=O) groups is 1. The zero-order chi connectivity index (χ0) is 20.8. The van der Waals surface area contributed by atoms with E-state index in [0.717, 1.165) is 16.3 Å². The minimum atomic E-state index is -0.442. The molecule has 0 atom stereocenters. The molecule has 3 aromatic rings. The van der Waals surface area contributed by atoms with Crippen LogP contribution in [0.25, 0.3) is 10.6 Å². The van der Waals surface area contributed by atoms with Gasteiger partial charge in [-0.3, -0.25) is 14.9 Å². The molecule has 0 aliphatic carbocycles. The molecule has 0 bridgehead atoms. The van der Waals surface area contributed by atoms with Crippen molar-refractivity contribution in [1.29, 1.82) is 0 Å². The summed E-state index contributed by atoms with van der Waals surface area (Å²) in [6, 6.07) is 14.0. The second kappa shape index (κ2) is 9.29. The van der Waals surface area contributed by atoms with Crippen molar-refractivity contribution in [3.05, 3.63) is 75.3 Å². The van der Waals surface area contributed by atoms with Crippen molar-refractivity contribution < 1.29 is 14.5 Å². The zero-order valence-electron chi connectivity index (χ0n) is 16.2. The van der Waals surface area contributed by atoms with Gasteiger partial charge < -0.3 is 9.64 Å².